The van der Waals surface area contributed by atoms with Crippen LogP contribution >= 0.6 is 0 Å². The molecule has 0 amide bonds. The Balaban J connectivity index is 2.14. The molecule has 2 aromatic rings. The topological polar surface area (TPSA) is 35.5 Å². The number of benzene rings is 2. The van der Waals surface area contributed by atoms with Crippen molar-refractivity contribution in [2.45, 2.75) is 6.61 Å². The second-order valence-corrected chi connectivity index (χ2v) is 4.06. The van der Waals surface area contributed by atoms with Crippen LogP contribution in [0, 0.1) is 11.6 Å². The first-order valence-electron chi connectivity index (χ1n) is 5.84. The van der Waals surface area contributed by atoms with Crippen molar-refractivity contribution in [1.82, 2.24) is 0 Å². The van der Waals surface area contributed by atoms with Crippen molar-refractivity contribution in [2.24, 2.45) is 0 Å². The molecule has 20 heavy (non-hydrogen) atoms. The summed E-state index contributed by atoms with van der Waals surface area (Å²) in [5, 5.41) is 0. The normalized spacial score (nSPS) is 10.2. The molecular weight excluding hydrogens is 266 g/mol. The van der Waals surface area contributed by atoms with Gasteiger partial charge in [0.05, 0.1) is 12.7 Å². The smallest absolute Gasteiger partial charge is 0.159 e. The number of methoxy groups -OCH3 is 1. The van der Waals surface area contributed by atoms with Gasteiger partial charge < -0.3 is 9.47 Å². The second kappa shape index (κ2) is 6.14. The number of aldehydes is 1. The van der Waals surface area contributed by atoms with Gasteiger partial charge in [-0.25, -0.2) is 8.78 Å². The molecule has 5 heteroatoms. The summed E-state index contributed by atoms with van der Waals surface area (Å²) in [6, 6.07) is 8.27. The van der Waals surface area contributed by atoms with Gasteiger partial charge in [0.2, 0.25) is 0 Å². The summed E-state index contributed by atoms with van der Waals surface area (Å²) in [6.45, 7) is 0.0321. The number of halogens is 2. The minimum atomic E-state index is -0.934. The van der Waals surface area contributed by atoms with E-state index < -0.39 is 11.6 Å². The minimum Gasteiger partial charge on any atom is -0.497 e. The highest BCUT2D eigenvalue weighted by atomic mass is 19.2. The van der Waals surface area contributed by atoms with Crippen molar-refractivity contribution >= 4 is 6.29 Å². The largest absolute Gasteiger partial charge is 0.497 e. The first-order valence-corrected chi connectivity index (χ1v) is 5.84. The molecule has 0 aliphatic heterocycles. The van der Waals surface area contributed by atoms with Crippen LogP contribution in [0.2, 0.25) is 0 Å². The SMILES string of the molecule is COc1ccc(OCc2ccc(F)c(F)c2)c(C=O)c1. The molecule has 0 aliphatic rings. The Morgan fingerprint density at radius 3 is 2.55 bits per heavy atom. The molecule has 0 saturated heterocycles. The summed E-state index contributed by atoms with van der Waals surface area (Å²) in [5.41, 5.74) is 0.795. The maximum atomic E-state index is 13.0. The van der Waals surface area contributed by atoms with Crippen LogP contribution in [0.1, 0.15) is 15.9 Å². The lowest BCUT2D eigenvalue weighted by atomic mass is 10.2. The van der Waals surface area contributed by atoms with Crippen LogP contribution in [0.15, 0.2) is 36.4 Å². The Kier molecular flexibility index (Phi) is 4.30. The summed E-state index contributed by atoms with van der Waals surface area (Å²) >= 11 is 0. The van der Waals surface area contributed by atoms with Gasteiger partial charge in [0.25, 0.3) is 0 Å². The summed E-state index contributed by atoms with van der Waals surface area (Å²) in [7, 11) is 1.49. The number of carbonyl (C=O) groups is 1. The molecule has 0 fully saturated rings. The minimum absolute atomic E-state index is 0.0321. The Bertz CT molecular complexity index is 627. The van der Waals surface area contributed by atoms with Gasteiger partial charge >= 0.3 is 0 Å². The van der Waals surface area contributed by atoms with Gasteiger partial charge in [0.15, 0.2) is 17.9 Å². The third-order valence-electron chi connectivity index (χ3n) is 2.72. The Hall–Kier alpha value is -2.43. The molecule has 3 nitrogen and oxygen atoms in total. The van der Waals surface area contributed by atoms with E-state index in [1.807, 2.05) is 0 Å². The van der Waals surface area contributed by atoms with Crippen molar-refractivity contribution in [2.75, 3.05) is 7.11 Å². The summed E-state index contributed by atoms with van der Waals surface area (Å²) < 4.78 is 36.3. The van der Waals surface area contributed by atoms with Crippen molar-refractivity contribution < 1.29 is 23.0 Å². The first kappa shape index (κ1) is 14.0. The van der Waals surface area contributed by atoms with Gasteiger partial charge in [-0.05, 0) is 35.9 Å². The van der Waals surface area contributed by atoms with Gasteiger partial charge in [-0.3, -0.25) is 4.79 Å². The molecule has 0 bridgehead atoms. The summed E-state index contributed by atoms with van der Waals surface area (Å²) in [5.74, 6) is -0.957. The van der Waals surface area contributed by atoms with E-state index in [0.29, 0.717) is 28.9 Å². The number of ether oxygens (including phenoxy) is 2. The lowest BCUT2D eigenvalue weighted by Gasteiger charge is -2.10. The van der Waals surface area contributed by atoms with E-state index in [2.05, 4.69) is 0 Å². The van der Waals surface area contributed by atoms with E-state index >= 15 is 0 Å². The molecule has 2 aromatic carbocycles. The van der Waals surface area contributed by atoms with E-state index in [1.54, 1.807) is 12.1 Å². The fraction of sp³-hybridized carbons (Fsp3) is 0.133. The Morgan fingerprint density at radius 1 is 1.10 bits per heavy atom. The summed E-state index contributed by atoms with van der Waals surface area (Å²) in [4.78, 5) is 11.0. The highest BCUT2D eigenvalue weighted by Gasteiger charge is 2.07. The average Bonchev–Trinajstić information content (AvgIpc) is 2.48. The lowest BCUT2D eigenvalue weighted by molar-refractivity contribution is 0.111. The zero-order valence-electron chi connectivity index (χ0n) is 10.7. The van der Waals surface area contributed by atoms with Crippen LogP contribution in [-0.2, 0) is 6.61 Å². The molecule has 0 N–H and O–H groups in total. The highest BCUT2D eigenvalue weighted by Crippen LogP contribution is 2.23. The van der Waals surface area contributed by atoms with Crippen LogP contribution in [0.4, 0.5) is 8.78 Å². The highest BCUT2D eigenvalue weighted by molar-refractivity contribution is 5.80. The molecule has 0 atom stereocenters. The molecule has 0 spiro atoms. The maximum Gasteiger partial charge on any atom is 0.159 e. The monoisotopic (exact) mass is 278 g/mol. The number of carbonyl (C=O) groups excluding carboxylic acids is 1. The van der Waals surface area contributed by atoms with Crippen molar-refractivity contribution in [1.29, 1.82) is 0 Å². The molecule has 0 aromatic heterocycles. The van der Waals surface area contributed by atoms with E-state index in [-0.39, 0.29) is 6.61 Å². The zero-order valence-corrected chi connectivity index (χ0v) is 10.7. The van der Waals surface area contributed by atoms with Gasteiger partial charge in [-0.2, -0.15) is 0 Å². The quantitative estimate of drug-likeness (QED) is 0.787. The predicted octanol–water partition coefficient (Wildman–Crippen LogP) is 3.36. The van der Waals surface area contributed by atoms with Gasteiger partial charge in [-0.15, -0.1) is 0 Å². The van der Waals surface area contributed by atoms with Crippen molar-refractivity contribution in [3.63, 3.8) is 0 Å². The first-order chi connectivity index (χ1) is 9.63. The molecule has 0 saturated carbocycles. The summed E-state index contributed by atoms with van der Waals surface area (Å²) in [6.07, 6.45) is 0.642. The fourth-order valence-corrected chi connectivity index (χ4v) is 1.67. The van der Waals surface area contributed by atoms with Crippen LogP contribution in [0.5, 0.6) is 11.5 Å². The van der Waals surface area contributed by atoms with Gasteiger partial charge in [0, 0.05) is 0 Å². The molecule has 104 valence electrons. The van der Waals surface area contributed by atoms with Gasteiger partial charge in [-0.1, -0.05) is 6.07 Å². The molecule has 0 aliphatic carbocycles. The van der Waals surface area contributed by atoms with E-state index in [4.69, 9.17) is 9.47 Å². The van der Waals surface area contributed by atoms with E-state index in [9.17, 15) is 13.6 Å². The Labute approximate surface area is 114 Å². The second-order valence-electron chi connectivity index (χ2n) is 4.06. The standard InChI is InChI=1S/C15H12F2O3/c1-19-12-3-5-15(11(7-12)8-18)20-9-10-2-4-13(16)14(17)6-10/h2-8H,9H2,1H3. The molecule has 0 heterocycles. The van der Waals surface area contributed by atoms with Crippen LogP contribution in [0.25, 0.3) is 0 Å². The van der Waals surface area contributed by atoms with Crippen molar-refractivity contribution in [3.8, 4) is 11.5 Å². The molecular formula is C15H12F2O3. The van der Waals surface area contributed by atoms with Crippen molar-refractivity contribution in [3.05, 3.63) is 59.2 Å². The third kappa shape index (κ3) is 3.12. The Morgan fingerprint density at radius 2 is 1.90 bits per heavy atom. The zero-order chi connectivity index (χ0) is 14.5. The van der Waals surface area contributed by atoms with Gasteiger partial charge in [0.1, 0.15) is 18.1 Å². The average molecular weight is 278 g/mol. The molecule has 0 unspecified atom stereocenters. The number of rotatable bonds is 5. The lowest BCUT2D eigenvalue weighted by Crippen LogP contribution is -2.00. The fourth-order valence-electron chi connectivity index (χ4n) is 1.67. The third-order valence-corrected chi connectivity index (χ3v) is 2.72. The molecule has 2 rings (SSSR count). The van der Waals surface area contributed by atoms with Crippen LogP contribution < -0.4 is 9.47 Å². The van der Waals surface area contributed by atoms with Crippen LogP contribution in [0.3, 0.4) is 0 Å². The van der Waals surface area contributed by atoms with E-state index in [0.717, 1.165) is 12.1 Å². The number of hydrogen-bond acceptors (Lipinski definition) is 3. The molecule has 0 radical (unpaired) electrons. The predicted molar refractivity (Wildman–Crippen MR) is 69.1 cm³/mol. The van der Waals surface area contributed by atoms with E-state index in [1.165, 1.54) is 19.2 Å². The number of hydrogen-bond donors (Lipinski definition) is 0. The van der Waals surface area contributed by atoms with Crippen LogP contribution in [-0.4, -0.2) is 13.4 Å². The maximum absolute atomic E-state index is 13.0.